The first kappa shape index (κ1) is 7.14. The first-order valence-electron chi connectivity index (χ1n) is 4.30. The van der Waals surface area contributed by atoms with Gasteiger partial charge in [0.25, 0.3) is 0 Å². The first-order valence-corrected chi connectivity index (χ1v) is 4.30. The molecule has 2 nitrogen and oxygen atoms in total. The van der Waals surface area contributed by atoms with E-state index in [9.17, 15) is 4.79 Å². The number of nitrogens with one attached hydrogen (secondary N) is 1. The summed E-state index contributed by atoms with van der Waals surface area (Å²) >= 11 is 0. The Kier molecular flexibility index (Phi) is 1.16. The molecule has 1 saturated carbocycles. The predicted molar refractivity (Wildman–Crippen MR) is 43.0 cm³/mol. The molecule has 1 heterocycles. The van der Waals surface area contributed by atoms with E-state index in [2.05, 4.69) is 26.1 Å². The van der Waals surface area contributed by atoms with Crippen molar-refractivity contribution in [3.63, 3.8) is 0 Å². The zero-order chi connectivity index (χ0) is 8.22. The van der Waals surface area contributed by atoms with Gasteiger partial charge in [0, 0.05) is 12.0 Å². The van der Waals surface area contributed by atoms with Crippen LogP contribution in [0.15, 0.2) is 0 Å². The summed E-state index contributed by atoms with van der Waals surface area (Å²) in [6, 6.07) is 0.534. The van der Waals surface area contributed by atoms with Gasteiger partial charge in [-0.2, -0.15) is 0 Å². The van der Waals surface area contributed by atoms with Crippen LogP contribution in [-0.2, 0) is 4.79 Å². The van der Waals surface area contributed by atoms with E-state index in [0.29, 0.717) is 12.0 Å². The van der Waals surface area contributed by atoms with Crippen molar-refractivity contribution in [3.05, 3.63) is 0 Å². The highest BCUT2D eigenvalue weighted by Gasteiger charge is 2.56. The van der Waals surface area contributed by atoms with E-state index in [1.165, 1.54) is 6.42 Å². The fourth-order valence-electron chi connectivity index (χ4n) is 2.25. The molecule has 1 amide bonds. The maximum absolute atomic E-state index is 11.4. The van der Waals surface area contributed by atoms with Crippen LogP contribution in [0.2, 0.25) is 0 Å². The van der Waals surface area contributed by atoms with Crippen LogP contribution < -0.4 is 5.32 Å². The standard InChI is InChI=1S/C9H15NO/c1-9(2,3)7-5-4-6(5)10-8(7)11/h5-7H,4H2,1-3H3,(H,10,11). The van der Waals surface area contributed by atoms with E-state index in [1.807, 2.05) is 0 Å². The molecule has 2 rings (SSSR count). The predicted octanol–water partition coefficient (Wildman–Crippen LogP) is 1.17. The third kappa shape index (κ3) is 0.959. The molecular formula is C9H15NO. The summed E-state index contributed by atoms with van der Waals surface area (Å²) in [5.74, 6) is 1.20. The Morgan fingerprint density at radius 3 is 2.36 bits per heavy atom. The molecule has 11 heavy (non-hydrogen) atoms. The van der Waals surface area contributed by atoms with Gasteiger partial charge in [0.1, 0.15) is 0 Å². The number of amides is 1. The maximum atomic E-state index is 11.4. The molecule has 1 aliphatic carbocycles. The zero-order valence-corrected chi connectivity index (χ0v) is 7.35. The lowest BCUT2D eigenvalue weighted by atomic mass is 9.78. The van der Waals surface area contributed by atoms with Crippen molar-refractivity contribution in [2.45, 2.75) is 33.2 Å². The number of fused-ring (bicyclic) bond motifs is 1. The summed E-state index contributed by atoms with van der Waals surface area (Å²) in [4.78, 5) is 11.4. The molecule has 1 saturated heterocycles. The van der Waals surface area contributed by atoms with E-state index in [-0.39, 0.29) is 17.2 Å². The third-order valence-electron chi connectivity index (χ3n) is 2.81. The van der Waals surface area contributed by atoms with Crippen molar-refractivity contribution in [1.82, 2.24) is 5.32 Å². The Morgan fingerprint density at radius 1 is 1.45 bits per heavy atom. The first-order chi connectivity index (χ1) is 5.00. The monoisotopic (exact) mass is 153 g/mol. The number of hydrogen-bond acceptors (Lipinski definition) is 1. The van der Waals surface area contributed by atoms with Crippen molar-refractivity contribution in [3.8, 4) is 0 Å². The number of carbonyl (C=O) groups excluding carboxylic acids is 1. The molecule has 0 radical (unpaired) electrons. The topological polar surface area (TPSA) is 29.1 Å². The molecule has 1 N–H and O–H groups in total. The fourth-order valence-corrected chi connectivity index (χ4v) is 2.25. The van der Waals surface area contributed by atoms with Gasteiger partial charge in [0.05, 0.1) is 0 Å². The van der Waals surface area contributed by atoms with Gasteiger partial charge in [-0.15, -0.1) is 0 Å². The normalized spacial score (nSPS) is 41.7. The molecule has 0 aromatic heterocycles. The highest BCUT2D eigenvalue weighted by Crippen LogP contribution is 2.50. The van der Waals surface area contributed by atoms with Gasteiger partial charge >= 0.3 is 0 Å². The molecule has 0 bridgehead atoms. The molecule has 1 aliphatic heterocycles. The van der Waals surface area contributed by atoms with Gasteiger partial charge in [-0.1, -0.05) is 20.8 Å². The van der Waals surface area contributed by atoms with Crippen molar-refractivity contribution < 1.29 is 4.79 Å². The smallest absolute Gasteiger partial charge is 0.224 e. The Morgan fingerprint density at radius 2 is 2.09 bits per heavy atom. The summed E-state index contributed by atoms with van der Waals surface area (Å²) in [6.07, 6.45) is 1.22. The van der Waals surface area contributed by atoms with Crippen LogP contribution >= 0.6 is 0 Å². The van der Waals surface area contributed by atoms with Crippen molar-refractivity contribution >= 4 is 5.91 Å². The van der Waals surface area contributed by atoms with Gasteiger partial charge in [-0.25, -0.2) is 0 Å². The summed E-state index contributed by atoms with van der Waals surface area (Å²) < 4.78 is 0. The maximum Gasteiger partial charge on any atom is 0.224 e. The molecule has 2 aliphatic rings. The van der Waals surface area contributed by atoms with Crippen LogP contribution in [0, 0.1) is 17.3 Å². The minimum absolute atomic E-state index is 0.153. The van der Waals surface area contributed by atoms with Gasteiger partial charge in [-0.3, -0.25) is 4.79 Å². The van der Waals surface area contributed by atoms with Crippen LogP contribution in [0.25, 0.3) is 0 Å². The molecule has 0 aromatic rings. The number of piperidine rings is 1. The summed E-state index contributed by atoms with van der Waals surface area (Å²) in [5, 5.41) is 3.01. The number of carbonyl (C=O) groups is 1. The van der Waals surface area contributed by atoms with Crippen LogP contribution in [-0.4, -0.2) is 11.9 Å². The number of rotatable bonds is 0. The fraction of sp³-hybridized carbons (Fsp3) is 0.889. The Balaban J connectivity index is 2.19. The van der Waals surface area contributed by atoms with Crippen LogP contribution in [0.1, 0.15) is 27.2 Å². The highest BCUT2D eigenvalue weighted by molar-refractivity contribution is 5.84. The second-order valence-corrected chi connectivity index (χ2v) is 4.86. The van der Waals surface area contributed by atoms with E-state index < -0.39 is 0 Å². The molecule has 3 unspecified atom stereocenters. The molecule has 2 fully saturated rings. The second kappa shape index (κ2) is 1.79. The summed E-state index contributed by atoms with van der Waals surface area (Å²) in [5.41, 5.74) is 0.153. The quantitative estimate of drug-likeness (QED) is 0.556. The van der Waals surface area contributed by atoms with E-state index in [1.54, 1.807) is 0 Å². The van der Waals surface area contributed by atoms with Crippen molar-refractivity contribution in [1.29, 1.82) is 0 Å². The van der Waals surface area contributed by atoms with Crippen LogP contribution in [0.5, 0.6) is 0 Å². The Hall–Kier alpha value is -0.530. The van der Waals surface area contributed by atoms with Crippen molar-refractivity contribution in [2.75, 3.05) is 0 Å². The Bertz CT molecular complexity index is 204. The molecule has 2 heteroatoms. The van der Waals surface area contributed by atoms with E-state index >= 15 is 0 Å². The average molecular weight is 153 g/mol. The lowest BCUT2D eigenvalue weighted by molar-refractivity contribution is -0.126. The summed E-state index contributed by atoms with van der Waals surface area (Å²) in [6.45, 7) is 6.45. The lowest BCUT2D eigenvalue weighted by Crippen LogP contribution is -2.32. The molecular weight excluding hydrogens is 138 g/mol. The van der Waals surface area contributed by atoms with Gasteiger partial charge < -0.3 is 5.32 Å². The number of hydrogen-bond donors (Lipinski definition) is 1. The average Bonchev–Trinajstić information content (AvgIpc) is 2.38. The second-order valence-electron chi connectivity index (χ2n) is 4.86. The molecule has 0 aromatic carbocycles. The third-order valence-corrected chi connectivity index (χ3v) is 2.81. The van der Waals surface area contributed by atoms with Gasteiger partial charge in [0.15, 0.2) is 0 Å². The van der Waals surface area contributed by atoms with Gasteiger partial charge in [-0.05, 0) is 17.8 Å². The van der Waals surface area contributed by atoms with E-state index in [4.69, 9.17) is 0 Å². The molecule has 62 valence electrons. The van der Waals surface area contributed by atoms with E-state index in [0.717, 1.165) is 0 Å². The largest absolute Gasteiger partial charge is 0.353 e. The lowest BCUT2D eigenvalue weighted by Gasteiger charge is -2.25. The van der Waals surface area contributed by atoms with Crippen LogP contribution in [0.4, 0.5) is 0 Å². The summed E-state index contributed by atoms with van der Waals surface area (Å²) in [7, 11) is 0. The molecule has 0 spiro atoms. The SMILES string of the molecule is CC(C)(C)C1C(=O)NC2CC21. The zero-order valence-electron chi connectivity index (χ0n) is 7.35. The van der Waals surface area contributed by atoms with Gasteiger partial charge in [0.2, 0.25) is 5.91 Å². The van der Waals surface area contributed by atoms with Crippen molar-refractivity contribution in [2.24, 2.45) is 17.3 Å². The minimum Gasteiger partial charge on any atom is -0.353 e. The Labute approximate surface area is 67.4 Å². The highest BCUT2D eigenvalue weighted by atomic mass is 16.2. The minimum atomic E-state index is 0.153. The molecule has 3 atom stereocenters. The van der Waals surface area contributed by atoms with Crippen LogP contribution in [0.3, 0.4) is 0 Å².